The fourth-order valence-electron chi connectivity index (χ4n) is 2.21. The molecule has 0 unspecified atom stereocenters. The van der Waals surface area contributed by atoms with Gasteiger partial charge in [-0.25, -0.2) is 5.48 Å². The Balaban J connectivity index is 1.83. The molecule has 0 atom stereocenters. The van der Waals surface area contributed by atoms with Crippen LogP contribution in [0, 0.1) is 0 Å². The molecular formula is C15H22N2O2. The average molecular weight is 262 g/mol. The standard InChI is InChI=1S/C15H22N2O2/c1-2-3-8-19-17-15(18)10-12-4-5-13-6-7-16-11-14(13)9-12/h4-5,9,16H,2-3,6-8,10-11H2,1H3,(H,17,18). The van der Waals surface area contributed by atoms with Crippen LogP contribution in [0.2, 0.25) is 0 Å². The number of carbonyl (C=O) groups is 1. The summed E-state index contributed by atoms with van der Waals surface area (Å²) in [6.07, 6.45) is 3.47. The van der Waals surface area contributed by atoms with Crippen LogP contribution in [0.25, 0.3) is 0 Å². The van der Waals surface area contributed by atoms with Gasteiger partial charge in [0, 0.05) is 6.54 Å². The molecule has 4 heteroatoms. The molecule has 1 heterocycles. The molecule has 0 spiro atoms. The van der Waals surface area contributed by atoms with Crippen molar-refractivity contribution in [3.63, 3.8) is 0 Å². The Labute approximate surface area is 114 Å². The van der Waals surface area contributed by atoms with Gasteiger partial charge in [0.05, 0.1) is 13.0 Å². The molecule has 4 nitrogen and oxygen atoms in total. The number of nitrogens with one attached hydrogen (secondary N) is 2. The number of rotatable bonds is 6. The number of fused-ring (bicyclic) bond motifs is 1. The molecule has 1 aliphatic rings. The third-order valence-corrected chi connectivity index (χ3v) is 3.31. The van der Waals surface area contributed by atoms with Crippen LogP contribution in [0.3, 0.4) is 0 Å². The molecule has 0 aromatic heterocycles. The molecule has 0 radical (unpaired) electrons. The van der Waals surface area contributed by atoms with Gasteiger partial charge in [0.25, 0.3) is 0 Å². The van der Waals surface area contributed by atoms with Crippen molar-refractivity contribution >= 4 is 5.91 Å². The molecule has 0 aliphatic carbocycles. The first-order valence-corrected chi connectivity index (χ1v) is 7.01. The van der Waals surface area contributed by atoms with E-state index in [-0.39, 0.29) is 5.91 Å². The molecule has 0 saturated heterocycles. The Morgan fingerprint density at radius 1 is 1.42 bits per heavy atom. The van der Waals surface area contributed by atoms with Crippen molar-refractivity contribution in [1.29, 1.82) is 0 Å². The van der Waals surface area contributed by atoms with Crippen molar-refractivity contribution in [2.45, 2.75) is 39.2 Å². The zero-order valence-corrected chi connectivity index (χ0v) is 11.5. The van der Waals surface area contributed by atoms with Crippen molar-refractivity contribution in [3.8, 4) is 0 Å². The van der Waals surface area contributed by atoms with Crippen LogP contribution < -0.4 is 10.8 Å². The van der Waals surface area contributed by atoms with Gasteiger partial charge in [-0.2, -0.15) is 0 Å². The van der Waals surface area contributed by atoms with Gasteiger partial charge in [-0.1, -0.05) is 31.5 Å². The van der Waals surface area contributed by atoms with E-state index < -0.39 is 0 Å². The third-order valence-electron chi connectivity index (χ3n) is 3.31. The van der Waals surface area contributed by atoms with E-state index in [2.05, 4.69) is 29.9 Å². The van der Waals surface area contributed by atoms with Crippen molar-refractivity contribution in [2.75, 3.05) is 13.2 Å². The summed E-state index contributed by atoms with van der Waals surface area (Å²) in [5, 5.41) is 3.34. The minimum Gasteiger partial charge on any atom is -0.312 e. The van der Waals surface area contributed by atoms with E-state index in [0.29, 0.717) is 13.0 Å². The summed E-state index contributed by atoms with van der Waals surface area (Å²) in [5.74, 6) is -0.0835. The highest BCUT2D eigenvalue weighted by Crippen LogP contribution is 2.16. The van der Waals surface area contributed by atoms with E-state index in [0.717, 1.165) is 37.9 Å². The normalized spacial score (nSPS) is 13.9. The van der Waals surface area contributed by atoms with Crippen LogP contribution in [-0.2, 0) is 29.0 Å². The first-order chi connectivity index (χ1) is 9.29. The minimum absolute atomic E-state index is 0.0835. The Hall–Kier alpha value is -1.39. The van der Waals surface area contributed by atoms with Gasteiger partial charge < -0.3 is 5.32 Å². The monoisotopic (exact) mass is 262 g/mol. The topological polar surface area (TPSA) is 50.4 Å². The highest BCUT2D eigenvalue weighted by Gasteiger charge is 2.10. The summed E-state index contributed by atoms with van der Waals surface area (Å²) in [6, 6.07) is 6.29. The lowest BCUT2D eigenvalue weighted by molar-refractivity contribution is -0.132. The van der Waals surface area contributed by atoms with E-state index in [1.54, 1.807) is 0 Å². The molecule has 2 rings (SSSR count). The molecular weight excluding hydrogens is 240 g/mol. The van der Waals surface area contributed by atoms with E-state index in [9.17, 15) is 4.79 Å². The van der Waals surface area contributed by atoms with E-state index in [4.69, 9.17) is 4.84 Å². The first-order valence-electron chi connectivity index (χ1n) is 7.01. The molecule has 19 heavy (non-hydrogen) atoms. The highest BCUT2D eigenvalue weighted by atomic mass is 16.6. The second-order valence-corrected chi connectivity index (χ2v) is 4.93. The lowest BCUT2D eigenvalue weighted by atomic mass is 9.97. The molecule has 1 aromatic carbocycles. The zero-order valence-electron chi connectivity index (χ0n) is 11.5. The predicted octanol–water partition coefficient (Wildman–Crippen LogP) is 1.72. The first kappa shape index (κ1) is 14.0. The van der Waals surface area contributed by atoms with E-state index >= 15 is 0 Å². The van der Waals surface area contributed by atoms with Gasteiger partial charge >= 0.3 is 0 Å². The minimum atomic E-state index is -0.0835. The number of benzene rings is 1. The van der Waals surface area contributed by atoms with Crippen LogP contribution in [0.15, 0.2) is 18.2 Å². The van der Waals surface area contributed by atoms with Gasteiger partial charge in [0.2, 0.25) is 5.91 Å². The van der Waals surface area contributed by atoms with Crippen molar-refractivity contribution < 1.29 is 9.63 Å². The SMILES string of the molecule is CCCCONC(=O)Cc1ccc2c(c1)CNCC2. The maximum Gasteiger partial charge on any atom is 0.247 e. The molecule has 1 aromatic rings. The maximum atomic E-state index is 11.7. The van der Waals surface area contributed by atoms with Crippen LogP contribution in [0.1, 0.15) is 36.5 Å². The fraction of sp³-hybridized carbons (Fsp3) is 0.533. The summed E-state index contributed by atoms with van der Waals surface area (Å²) in [4.78, 5) is 16.8. The Bertz CT molecular complexity index is 432. The highest BCUT2D eigenvalue weighted by molar-refractivity contribution is 5.77. The summed E-state index contributed by atoms with van der Waals surface area (Å²) in [6.45, 7) is 4.61. The molecule has 1 amide bonds. The smallest absolute Gasteiger partial charge is 0.247 e. The lowest BCUT2D eigenvalue weighted by Gasteiger charge is -2.17. The van der Waals surface area contributed by atoms with Gasteiger partial charge in [0.15, 0.2) is 0 Å². The number of hydroxylamine groups is 1. The molecule has 0 fully saturated rings. The number of hydrogen-bond acceptors (Lipinski definition) is 3. The number of unbranched alkanes of at least 4 members (excludes halogenated alkanes) is 1. The predicted molar refractivity (Wildman–Crippen MR) is 74.6 cm³/mol. The van der Waals surface area contributed by atoms with Crippen LogP contribution in [0.5, 0.6) is 0 Å². The van der Waals surface area contributed by atoms with E-state index in [1.807, 2.05) is 6.07 Å². The molecule has 0 bridgehead atoms. The largest absolute Gasteiger partial charge is 0.312 e. The van der Waals surface area contributed by atoms with E-state index in [1.165, 1.54) is 11.1 Å². The summed E-state index contributed by atoms with van der Waals surface area (Å²) in [7, 11) is 0. The second-order valence-electron chi connectivity index (χ2n) is 4.93. The summed E-state index contributed by atoms with van der Waals surface area (Å²) < 4.78 is 0. The number of hydrogen-bond donors (Lipinski definition) is 2. The van der Waals surface area contributed by atoms with Crippen molar-refractivity contribution in [1.82, 2.24) is 10.8 Å². The van der Waals surface area contributed by atoms with Crippen LogP contribution >= 0.6 is 0 Å². The quantitative estimate of drug-likeness (QED) is 0.606. The van der Waals surface area contributed by atoms with Gasteiger partial charge in [0.1, 0.15) is 0 Å². The summed E-state index contributed by atoms with van der Waals surface area (Å²) >= 11 is 0. The zero-order chi connectivity index (χ0) is 13.5. The maximum absolute atomic E-state index is 11.7. The fourth-order valence-corrected chi connectivity index (χ4v) is 2.21. The van der Waals surface area contributed by atoms with Crippen molar-refractivity contribution in [2.24, 2.45) is 0 Å². The summed E-state index contributed by atoms with van der Waals surface area (Å²) in [5.41, 5.74) is 6.23. The molecule has 104 valence electrons. The Morgan fingerprint density at radius 3 is 3.16 bits per heavy atom. The molecule has 0 saturated carbocycles. The molecule has 1 aliphatic heterocycles. The Morgan fingerprint density at radius 2 is 2.32 bits per heavy atom. The lowest BCUT2D eigenvalue weighted by Crippen LogP contribution is -2.26. The molecule has 2 N–H and O–H groups in total. The van der Waals surface area contributed by atoms with Gasteiger partial charge in [-0.3, -0.25) is 9.63 Å². The second kappa shape index (κ2) is 7.26. The van der Waals surface area contributed by atoms with Gasteiger partial charge in [-0.15, -0.1) is 0 Å². The number of amides is 1. The van der Waals surface area contributed by atoms with Gasteiger partial charge in [-0.05, 0) is 36.1 Å². The Kier molecular flexibility index (Phi) is 5.36. The van der Waals surface area contributed by atoms with Crippen LogP contribution in [-0.4, -0.2) is 19.1 Å². The number of carbonyl (C=O) groups excluding carboxylic acids is 1. The van der Waals surface area contributed by atoms with Crippen LogP contribution in [0.4, 0.5) is 0 Å². The van der Waals surface area contributed by atoms with Crippen molar-refractivity contribution in [3.05, 3.63) is 34.9 Å². The third kappa shape index (κ3) is 4.33. The average Bonchev–Trinajstić information content (AvgIpc) is 2.43.